The molecule has 0 aliphatic carbocycles. The van der Waals surface area contributed by atoms with Crippen LogP contribution < -0.4 is 4.74 Å². The Morgan fingerprint density at radius 1 is 0.864 bits per heavy atom. The highest BCUT2D eigenvalue weighted by Gasteiger charge is 2.04. The van der Waals surface area contributed by atoms with Gasteiger partial charge >= 0.3 is 5.97 Å². The van der Waals surface area contributed by atoms with Crippen LogP contribution in [0.3, 0.4) is 0 Å². The first kappa shape index (κ1) is 18.9. The molecule has 0 heterocycles. The molecule has 0 radical (unpaired) electrons. The van der Waals surface area contributed by atoms with Crippen LogP contribution in [0.1, 0.15) is 64.2 Å². The van der Waals surface area contributed by atoms with E-state index in [9.17, 15) is 4.79 Å². The van der Waals surface area contributed by atoms with Gasteiger partial charge in [-0.15, -0.1) is 0 Å². The molecule has 0 aliphatic heterocycles. The second kappa shape index (κ2) is 12.4. The molecule has 0 fully saturated rings. The number of thiol groups is 1. The molecule has 0 saturated carbocycles. The minimum atomic E-state index is -0.197. The third kappa shape index (κ3) is 9.72. The van der Waals surface area contributed by atoms with E-state index in [2.05, 4.69) is 12.6 Å². The maximum absolute atomic E-state index is 11.6. The number of phenols is 1. The molecule has 0 amide bonds. The van der Waals surface area contributed by atoms with E-state index >= 15 is 0 Å². The maximum atomic E-state index is 11.6. The molecule has 3 nitrogen and oxygen atoms in total. The van der Waals surface area contributed by atoms with Crippen molar-refractivity contribution in [3.8, 4) is 11.5 Å². The second-order valence-electron chi connectivity index (χ2n) is 5.62. The zero-order valence-electron chi connectivity index (χ0n) is 13.3. The average molecular weight is 324 g/mol. The third-order valence-corrected chi connectivity index (χ3v) is 3.92. The largest absolute Gasteiger partial charge is 0.508 e. The molecular weight excluding hydrogens is 296 g/mol. The molecule has 0 atom stereocenters. The zero-order valence-corrected chi connectivity index (χ0v) is 14.2. The Labute approximate surface area is 139 Å². The van der Waals surface area contributed by atoms with E-state index in [1.807, 2.05) is 0 Å². The van der Waals surface area contributed by atoms with Crippen LogP contribution in [-0.2, 0) is 4.79 Å². The first-order valence-corrected chi connectivity index (χ1v) is 8.96. The van der Waals surface area contributed by atoms with Crippen molar-refractivity contribution in [3.05, 3.63) is 24.3 Å². The van der Waals surface area contributed by atoms with E-state index in [1.54, 1.807) is 12.1 Å². The van der Waals surface area contributed by atoms with Crippen LogP contribution in [0.25, 0.3) is 0 Å². The summed E-state index contributed by atoms with van der Waals surface area (Å²) in [6.45, 7) is 0. The van der Waals surface area contributed by atoms with Gasteiger partial charge in [0.15, 0.2) is 0 Å². The lowest BCUT2D eigenvalue weighted by Gasteiger charge is -2.04. The van der Waals surface area contributed by atoms with Crippen LogP contribution in [0.15, 0.2) is 24.3 Å². The molecule has 0 aliphatic rings. The number of unbranched alkanes of at least 4 members (excludes halogenated alkanes) is 8. The fourth-order valence-electron chi connectivity index (χ4n) is 2.32. The van der Waals surface area contributed by atoms with Crippen molar-refractivity contribution in [3.63, 3.8) is 0 Å². The van der Waals surface area contributed by atoms with Gasteiger partial charge in [-0.05, 0) is 42.9 Å². The molecule has 0 aromatic heterocycles. The summed E-state index contributed by atoms with van der Waals surface area (Å²) >= 11 is 4.21. The van der Waals surface area contributed by atoms with Crippen LogP contribution in [0.2, 0.25) is 0 Å². The predicted molar refractivity (Wildman–Crippen MR) is 93.8 cm³/mol. The van der Waals surface area contributed by atoms with Gasteiger partial charge in [-0.3, -0.25) is 4.79 Å². The number of hydrogen-bond donors (Lipinski definition) is 2. The first-order valence-electron chi connectivity index (χ1n) is 8.33. The third-order valence-electron chi connectivity index (χ3n) is 3.61. The quantitative estimate of drug-likeness (QED) is 0.242. The summed E-state index contributed by atoms with van der Waals surface area (Å²) in [4.78, 5) is 11.6. The topological polar surface area (TPSA) is 46.5 Å². The molecular formula is C18H28O3S. The average Bonchev–Trinajstić information content (AvgIpc) is 2.51. The van der Waals surface area contributed by atoms with Gasteiger partial charge in [0.25, 0.3) is 0 Å². The smallest absolute Gasteiger partial charge is 0.311 e. The van der Waals surface area contributed by atoms with Crippen molar-refractivity contribution in [1.29, 1.82) is 0 Å². The van der Waals surface area contributed by atoms with Gasteiger partial charge < -0.3 is 9.84 Å². The van der Waals surface area contributed by atoms with Gasteiger partial charge in [0, 0.05) is 6.42 Å². The van der Waals surface area contributed by atoms with Crippen LogP contribution in [0, 0.1) is 0 Å². The zero-order chi connectivity index (χ0) is 16.0. The Balaban J connectivity index is 1.93. The molecule has 4 heteroatoms. The van der Waals surface area contributed by atoms with Crippen molar-refractivity contribution in [2.24, 2.45) is 0 Å². The first-order chi connectivity index (χ1) is 10.7. The number of carbonyl (C=O) groups is 1. The van der Waals surface area contributed by atoms with E-state index in [0.29, 0.717) is 12.2 Å². The number of esters is 1. The minimum Gasteiger partial charge on any atom is -0.508 e. The molecule has 0 saturated heterocycles. The SMILES string of the molecule is O=C(CCCCCCCCCCCS)Oc1ccc(O)cc1. The molecule has 1 rings (SSSR count). The van der Waals surface area contributed by atoms with Crippen LogP contribution in [-0.4, -0.2) is 16.8 Å². The number of aromatic hydroxyl groups is 1. The summed E-state index contributed by atoms with van der Waals surface area (Å²) in [5, 5.41) is 9.15. The lowest BCUT2D eigenvalue weighted by Crippen LogP contribution is -2.07. The molecule has 124 valence electrons. The summed E-state index contributed by atoms with van der Waals surface area (Å²) in [7, 11) is 0. The van der Waals surface area contributed by atoms with Gasteiger partial charge in [-0.25, -0.2) is 0 Å². The summed E-state index contributed by atoms with van der Waals surface area (Å²) in [5.41, 5.74) is 0. The molecule has 1 N–H and O–H groups in total. The second-order valence-corrected chi connectivity index (χ2v) is 6.07. The summed E-state index contributed by atoms with van der Waals surface area (Å²) in [6.07, 6.45) is 11.3. The highest BCUT2D eigenvalue weighted by atomic mass is 32.1. The Bertz CT molecular complexity index is 403. The number of carbonyl (C=O) groups excluding carboxylic acids is 1. The summed E-state index contributed by atoms with van der Waals surface area (Å²) < 4.78 is 5.20. The minimum absolute atomic E-state index is 0.172. The highest BCUT2D eigenvalue weighted by Crippen LogP contribution is 2.17. The molecule has 0 spiro atoms. The summed E-state index contributed by atoms with van der Waals surface area (Å²) in [6, 6.07) is 6.22. The van der Waals surface area contributed by atoms with E-state index in [4.69, 9.17) is 9.84 Å². The molecule has 22 heavy (non-hydrogen) atoms. The fourth-order valence-corrected chi connectivity index (χ4v) is 2.54. The number of benzene rings is 1. The van der Waals surface area contributed by atoms with Crippen LogP contribution in [0.5, 0.6) is 11.5 Å². The number of hydrogen-bond acceptors (Lipinski definition) is 4. The normalized spacial score (nSPS) is 10.6. The Morgan fingerprint density at radius 3 is 1.91 bits per heavy atom. The fraction of sp³-hybridized carbons (Fsp3) is 0.611. The summed E-state index contributed by atoms with van der Waals surface area (Å²) in [5.74, 6) is 1.46. The van der Waals surface area contributed by atoms with Crippen LogP contribution in [0.4, 0.5) is 0 Å². The molecule has 1 aromatic rings. The van der Waals surface area contributed by atoms with Gasteiger partial charge in [-0.1, -0.05) is 44.9 Å². The Kier molecular flexibility index (Phi) is 10.6. The molecule has 0 unspecified atom stereocenters. The van der Waals surface area contributed by atoms with Crippen molar-refractivity contribution in [2.45, 2.75) is 64.2 Å². The van der Waals surface area contributed by atoms with Gasteiger partial charge in [0.05, 0.1) is 0 Å². The highest BCUT2D eigenvalue weighted by molar-refractivity contribution is 7.80. The van der Waals surface area contributed by atoms with Crippen molar-refractivity contribution in [1.82, 2.24) is 0 Å². The van der Waals surface area contributed by atoms with Crippen molar-refractivity contribution < 1.29 is 14.6 Å². The van der Waals surface area contributed by atoms with Gasteiger partial charge in [0.2, 0.25) is 0 Å². The van der Waals surface area contributed by atoms with Gasteiger partial charge in [-0.2, -0.15) is 12.6 Å². The lowest BCUT2D eigenvalue weighted by atomic mass is 10.1. The van der Waals surface area contributed by atoms with Crippen molar-refractivity contribution in [2.75, 3.05) is 5.75 Å². The van der Waals surface area contributed by atoms with E-state index in [-0.39, 0.29) is 11.7 Å². The Morgan fingerprint density at radius 2 is 1.36 bits per heavy atom. The molecule has 0 bridgehead atoms. The number of rotatable bonds is 12. The lowest BCUT2D eigenvalue weighted by molar-refractivity contribution is -0.134. The van der Waals surface area contributed by atoms with E-state index < -0.39 is 0 Å². The standard InChI is InChI=1S/C18H28O3S/c19-16-11-13-17(14-12-16)21-18(20)10-8-6-4-2-1-3-5-7-9-15-22/h11-14,19,22H,1-10,15H2. The number of phenolic OH excluding ortho intramolecular Hbond substituents is 1. The maximum Gasteiger partial charge on any atom is 0.311 e. The predicted octanol–water partition coefficient (Wildman–Crippen LogP) is 5.13. The Hall–Kier alpha value is -1.16. The van der Waals surface area contributed by atoms with E-state index in [1.165, 1.54) is 57.1 Å². The molecule has 1 aromatic carbocycles. The van der Waals surface area contributed by atoms with E-state index in [0.717, 1.165) is 18.6 Å². The number of ether oxygens (including phenoxy) is 1. The van der Waals surface area contributed by atoms with Crippen molar-refractivity contribution >= 4 is 18.6 Å². The monoisotopic (exact) mass is 324 g/mol. The van der Waals surface area contributed by atoms with Crippen LogP contribution >= 0.6 is 12.6 Å². The van der Waals surface area contributed by atoms with Gasteiger partial charge in [0.1, 0.15) is 11.5 Å².